The molecule has 0 bridgehead atoms. The highest BCUT2D eigenvalue weighted by Gasteiger charge is 2.12. The molecule has 0 saturated heterocycles. The summed E-state index contributed by atoms with van der Waals surface area (Å²) in [5.74, 6) is -1.20. The van der Waals surface area contributed by atoms with Crippen LogP contribution in [0.15, 0.2) is 40.9 Å². The molecule has 0 aromatic heterocycles. The maximum Gasteiger partial charge on any atom is 0.335 e. The van der Waals surface area contributed by atoms with Gasteiger partial charge < -0.3 is 10.4 Å². The normalized spacial score (nSPS) is 10.2. The van der Waals surface area contributed by atoms with Crippen molar-refractivity contribution in [2.45, 2.75) is 13.8 Å². The van der Waals surface area contributed by atoms with Crippen LogP contribution in [0.2, 0.25) is 0 Å². The van der Waals surface area contributed by atoms with E-state index in [9.17, 15) is 9.59 Å². The molecule has 2 rings (SSSR count). The van der Waals surface area contributed by atoms with Gasteiger partial charge in [0, 0.05) is 15.7 Å². The lowest BCUT2D eigenvalue weighted by Gasteiger charge is -2.11. The number of hydrogen-bond donors (Lipinski definition) is 2. The van der Waals surface area contributed by atoms with Crippen molar-refractivity contribution in [1.82, 2.24) is 0 Å². The molecule has 4 nitrogen and oxygen atoms in total. The predicted molar refractivity (Wildman–Crippen MR) is 85.0 cm³/mol. The van der Waals surface area contributed by atoms with Gasteiger partial charge in [-0.2, -0.15) is 0 Å². The number of aromatic carboxylic acids is 1. The Morgan fingerprint density at radius 3 is 2.33 bits per heavy atom. The van der Waals surface area contributed by atoms with E-state index in [0.717, 1.165) is 10.0 Å². The van der Waals surface area contributed by atoms with Crippen molar-refractivity contribution in [2.75, 3.05) is 5.32 Å². The van der Waals surface area contributed by atoms with Gasteiger partial charge in [0.05, 0.1) is 5.56 Å². The summed E-state index contributed by atoms with van der Waals surface area (Å²) in [4.78, 5) is 23.2. The first-order chi connectivity index (χ1) is 9.88. The van der Waals surface area contributed by atoms with E-state index < -0.39 is 5.97 Å². The summed E-state index contributed by atoms with van der Waals surface area (Å²) in [6.45, 7) is 3.62. The van der Waals surface area contributed by atoms with Crippen LogP contribution >= 0.6 is 15.9 Å². The zero-order valence-corrected chi connectivity index (χ0v) is 13.2. The zero-order chi connectivity index (χ0) is 15.6. The molecule has 1 amide bonds. The first kappa shape index (κ1) is 15.3. The quantitative estimate of drug-likeness (QED) is 0.881. The predicted octanol–water partition coefficient (Wildman–Crippen LogP) is 4.02. The van der Waals surface area contributed by atoms with Crippen molar-refractivity contribution in [1.29, 1.82) is 0 Å². The first-order valence-corrected chi connectivity index (χ1v) is 7.09. The number of hydrogen-bond acceptors (Lipinski definition) is 2. The molecule has 0 unspecified atom stereocenters. The molecule has 2 aromatic carbocycles. The Morgan fingerprint density at radius 2 is 1.76 bits per heavy atom. The molecule has 2 N–H and O–H groups in total. The Labute approximate surface area is 130 Å². The van der Waals surface area contributed by atoms with Crippen LogP contribution in [0.25, 0.3) is 0 Å². The third-order valence-corrected chi connectivity index (χ3v) is 3.65. The zero-order valence-electron chi connectivity index (χ0n) is 11.6. The Morgan fingerprint density at radius 1 is 1.05 bits per heavy atom. The summed E-state index contributed by atoms with van der Waals surface area (Å²) in [6, 6.07) is 10.0. The largest absolute Gasteiger partial charge is 0.478 e. The van der Waals surface area contributed by atoms with E-state index in [1.54, 1.807) is 19.1 Å². The molecule has 0 atom stereocenters. The van der Waals surface area contributed by atoms with Crippen LogP contribution < -0.4 is 5.32 Å². The van der Waals surface area contributed by atoms with Crippen LogP contribution in [0.5, 0.6) is 0 Å². The number of aryl methyl sites for hydroxylation is 2. The molecule has 21 heavy (non-hydrogen) atoms. The van der Waals surface area contributed by atoms with Crippen LogP contribution in [0.4, 0.5) is 5.69 Å². The number of amides is 1. The standard InChI is InChI=1S/C16H14BrNO3/c1-9-8-12(17)4-5-13(9)15(19)18-14-6-3-11(16(20)21)7-10(14)2/h3-8H,1-2H3,(H,18,19)(H,20,21). The molecule has 0 radical (unpaired) electrons. The van der Waals surface area contributed by atoms with Crippen molar-refractivity contribution in [3.63, 3.8) is 0 Å². The van der Waals surface area contributed by atoms with Crippen LogP contribution in [0.3, 0.4) is 0 Å². The second kappa shape index (κ2) is 6.10. The molecule has 0 spiro atoms. The summed E-state index contributed by atoms with van der Waals surface area (Å²) >= 11 is 3.36. The number of carboxylic acids is 1. The van der Waals surface area contributed by atoms with Crippen LogP contribution in [0.1, 0.15) is 31.8 Å². The fourth-order valence-corrected chi connectivity index (χ4v) is 2.48. The van der Waals surface area contributed by atoms with Crippen LogP contribution in [0, 0.1) is 13.8 Å². The summed E-state index contributed by atoms with van der Waals surface area (Å²) in [5, 5.41) is 11.7. The van der Waals surface area contributed by atoms with Crippen molar-refractivity contribution >= 4 is 33.5 Å². The van der Waals surface area contributed by atoms with Crippen LogP contribution in [-0.2, 0) is 0 Å². The summed E-state index contributed by atoms with van der Waals surface area (Å²) in [5.41, 5.74) is 2.96. The molecule has 0 aliphatic carbocycles. The highest BCUT2D eigenvalue weighted by molar-refractivity contribution is 9.10. The molecule has 108 valence electrons. The van der Waals surface area contributed by atoms with E-state index in [2.05, 4.69) is 21.2 Å². The van der Waals surface area contributed by atoms with Gasteiger partial charge in [0.1, 0.15) is 0 Å². The lowest BCUT2D eigenvalue weighted by molar-refractivity contribution is 0.0696. The number of rotatable bonds is 3. The molecular weight excluding hydrogens is 334 g/mol. The number of anilines is 1. The third-order valence-electron chi connectivity index (χ3n) is 3.15. The Kier molecular flexibility index (Phi) is 4.43. The minimum Gasteiger partial charge on any atom is -0.478 e. The van der Waals surface area contributed by atoms with E-state index in [1.807, 2.05) is 19.1 Å². The number of carboxylic acid groups (broad SMARTS) is 1. The molecule has 0 heterocycles. The minimum absolute atomic E-state index is 0.199. The van der Waals surface area contributed by atoms with Crippen molar-refractivity contribution < 1.29 is 14.7 Å². The van der Waals surface area contributed by atoms with Crippen molar-refractivity contribution in [3.05, 3.63) is 63.1 Å². The van der Waals surface area contributed by atoms with E-state index in [4.69, 9.17) is 5.11 Å². The second-order valence-corrected chi connectivity index (χ2v) is 5.66. The molecular formula is C16H14BrNO3. The maximum atomic E-state index is 12.3. The molecule has 5 heteroatoms. The van der Waals surface area contributed by atoms with Gasteiger partial charge in [-0.05, 0) is 61.4 Å². The smallest absolute Gasteiger partial charge is 0.335 e. The number of halogens is 1. The van der Waals surface area contributed by atoms with Gasteiger partial charge in [0.25, 0.3) is 5.91 Å². The van der Waals surface area contributed by atoms with Gasteiger partial charge in [0.2, 0.25) is 0 Å². The average molecular weight is 348 g/mol. The third kappa shape index (κ3) is 3.49. The molecule has 2 aromatic rings. The van der Waals surface area contributed by atoms with E-state index in [-0.39, 0.29) is 11.5 Å². The highest BCUT2D eigenvalue weighted by Crippen LogP contribution is 2.20. The fraction of sp³-hybridized carbons (Fsp3) is 0.125. The SMILES string of the molecule is Cc1cc(C(=O)O)ccc1NC(=O)c1ccc(Br)cc1C. The Hall–Kier alpha value is -2.14. The van der Waals surface area contributed by atoms with Crippen molar-refractivity contribution in [3.8, 4) is 0 Å². The Balaban J connectivity index is 2.25. The van der Waals surface area contributed by atoms with Crippen molar-refractivity contribution in [2.24, 2.45) is 0 Å². The average Bonchev–Trinajstić information content (AvgIpc) is 2.40. The van der Waals surface area contributed by atoms with Gasteiger partial charge in [-0.1, -0.05) is 15.9 Å². The second-order valence-electron chi connectivity index (χ2n) is 4.75. The van der Waals surface area contributed by atoms with Gasteiger partial charge in [-0.15, -0.1) is 0 Å². The number of nitrogens with one attached hydrogen (secondary N) is 1. The fourth-order valence-electron chi connectivity index (χ4n) is 2.01. The van der Waals surface area contributed by atoms with E-state index in [0.29, 0.717) is 16.8 Å². The van der Waals surface area contributed by atoms with Gasteiger partial charge in [-0.3, -0.25) is 4.79 Å². The number of benzene rings is 2. The molecule has 0 saturated carbocycles. The van der Waals surface area contributed by atoms with E-state index >= 15 is 0 Å². The lowest BCUT2D eigenvalue weighted by atomic mass is 10.1. The molecule has 0 aliphatic rings. The monoisotopic (exact) mass is 347 g/mol. The number of carbonyl (C=O) groups excluding carboxylic acids is 1. The topological polar surface area (TPSA) is 66.4 Å². The summed E-state index contributed by atoms with van der Waals surface area (Å²) in [7, 11) is 0. The molecule has 0 aliphatic heterocycles. The van der Waals surface area contributed by atoms with Gasteiger partial charge in [0.15, 0.2) is 0 Å². The first-order valence-electron chi connectivity index (χ1n) is 6.30. The summed E-state index contributed by atoms with van der Waals surface area (Å²) in [6.07, 6.45) is 0. The number of carbonyl (C=O) groups is 2. The summed E-state index contributed by atoms with van der Waals surface area (Å²) < 4.78 is 0.915. The molecule has 0 fully saturated rings. The maximum absolute atomic E-state index is 12.3. The van der Waals surface area contributed by atoms with E-state index in [1.165, 1.54) is 12.1 Å². The minimum atomic E-state index is -0.986. The highest BCUT2D eigenvalue weighted by atomic mass is 79.9. The lowest BCUT2D eigenvalue weighted by Crippen LogP contribution is -2.14. The van der Waals surface area contributed by atoms with Crippen LogP contribution in [-0.4, -0.2) is 17.0 Å². The van der Waals surface area contributed by atoms with Gasteiger partial charge in [-0.25, -0.2) is 4.79 Å². The van der Waals surface area contributed by atoms with Gasteiger partial charge >= 0.3 is 5.97 Å². The Bertz CT molecular complexity index is 725.